The second kappa shape index (κ2) is 6.41. The van der Waals surface area contributed by atoms with Gasteiger partial charge in [-0.2, -0.15) is 0 Å². The number of likely N-dealkylation sites (N-methyl/N-ethyl adjacent to an activating group) is 1. The van der Waals surface area contributed by atoms with Gasteiger partial charge in [-0.3, -0.25) is 10.2 Å². The minimum absolute atomic E-state index is 0.00313. The number of hydrogen-bond acceptors (Lipinski definition) is 4. The van der Waals surface area contributed by atoms with E-state index in [1.165, 1.54) is 0 Å². The standard InChI is InChI=1S/C13H24N4O3/c1-16-6-8-17(9-7-16)15-12(20)14-13(10-11(18)19)4-2-3-5-13/h2-10H2,1H3,(H,18,19)(H2,14,15,20). The Morgan fingerprint density at radius 1 is 1.15 bits per heavy atom. The molecule has 2 aliphatic rings. The van der Waals surface area contributed by atoms with E-state index in [9.17, 15) is 9.59 Å². The van der Waals surface area contributed by atoms with E-state index in [4.69, 9.17) is 5.11 Å². The summed E-state index contributed by atoms with van der Waals surface area (Å²) in [7, 11) is 2.05. The number of aliphatic carboxylic acids is 1. The minimum Gasteiger partial charge on any atom is -0.481 e. The van der Waals surface area contributed by atoms with Gasteiger partial charge in [0.05, 0.1) is 12.0 Å². The van der Waals surface area contributed by atoms with E-state index < -0.39 is 11.5 Å². The van der Waals surface area contributed by atoms with Crippen molar-refractivity contribution < 1.29 is 14.7 Å². The first-order valence-corrected chi connectivity index (χ1v) is 7.23. The van der Waals surface area contributed by atoms with Gasteiger partial charge in [-0.05, 0) is 19.9 Å². The lowest BCUT2D eigenvalue weighted by atomic mass is 9.93. The molecule has 7 nitrogen and oxygen atoms in total. The molecule has 114 valence electrons. The Balaban J connectivity index is 1.84. The van der Waals surface area contributed by atoms with Crippen LogP contribution in [-0.2, 0) is 4.79 Å². The number of urea groups is 1. The van der Waals surface area contributed by atoms with Crippen LogP contribution in [-0.4, -0.2) is 65.8 Å². The summed E-state index contributed by atoms with van der Waals surface area (Å²) < 4.78 is 0. The van der Waals surface area contributed by atoms with Crippen molar-refractivity contribution in [1.82, 2.24) is 20.7 Å². The van der Waals surface area contributed by atoms with Gasteiger partial charge in [-0.1, -0.05) is 12.8 Å². The SMILES string of the molecule is CN1CCN(NC(=O)NC2(CC(=O)O)CCCC2)CC1. The number of carbonyl (C=O) groups excluding carboxylic acids is 1. The summed E-state index contributed by atoms with van der Waals surface area (Å²) in [4.78, 5) is 25.3. The number of hydrogen-bond donors (Lipinski definition) is 3. The Morgan fingerprint density at radius 3 is 2.30 bits per heavy atom. The minimum atomic E-state index is -0.855. The summed E-state index contributed by atoms with van der Waals surface area (Å²) >= 11 is 0. The molecule has 1 heterocycles. The molecular formula is C13H24N4O3. The zero-order valence-electron chi connectivity index (χ0n) is 12.0. The van der Waals surface area contributed by atoms with Crippen molar-refractivity contribution in [2.24, 2.45) is 0 Å². The number of carboxylic acids is 1. The molecule has 0 aromatic rings. The van der Waals surface area contributed by atoms with Crippen LogP contribution in [0, 0.1) is 0 Å². The number of nitrogens with one attached hydrogen (secondary N) is 2. The maximum Gasteiger partial charge on any atom is 0.329 e. The maximum absolute atomic E-state index is 12.1. The molecule has 2 fully saturated rings. The Hall–Kier alpha value is -1.34. The van der Waals surface area contributed by atoms with E-state index >= 15 is 0 Å². The Labute approximate surface area is 119 Å². The van der Waals surface area contributed by atoms with Gasteiger partial charge in [0, 0.05) is 26.2 Å². The van der Waals surface area contributed by atoms with Crippen LogP contribution in [0.25, 0.3) is 0 Å². The van der Waals surface area contributed by atoms with E-state index in [2.05, 4.69) is 22.7 Å². The van der Waals surface area contributed by atoms with Gasteiger partial charge in [-0.25, -0.2) is 9.80 Å². The molecule has 2 rings (SSSR count). The molecule has 20 heavy (non-hydrogen) atoms. The predicted octanol–water partition coefficient (Wildman–Crippen LogP) is 0.236. The quantitative estimate of drug-likeness (QED) is 0.688. The smallest absolute Gasteiger partial charge is 0.329 e. The second-order valence-electron chi connectivity index (χ2n) is 5.91. The molecule has 0 radical (unpaired) electrons. The summed E-state index contributed by atoms with van der Waals surface area (Å²) in [5, 5.41) is 13.8. The van der Waals surface area contributed by atoms with Crippen molar-refractivity contribution in [3.8, 4) is 0 Å². The normalized spacial score (nSPS) is 23.4. The topological polar surface area (TPSA) is 84.9 Å². The van der Waals surface area contributed by atoms with Crippen molar-refractivity contribution in [2.45, 2.75) is 37.6 Å². The predicted molar refractivity (Wildman–Crippen MR) is 74.2 cm³/mol. The van der Waals surface area contributed by atoms with Crippen LogP contribution in [0.2, 0.25) is 0 Å². The maximum atomic E-state index is 12.1. The van der Waals surface area contributed by atoms with Crippen molar-refractivity contribution in [3.05, 3.63) is 0 Å². The molecule has 7 heteroatoms. The highest BCUT2D eigenvalue weighted by atomic mass is 16.4. The third kappa shape index (κ3) is 4.08. The zero-order chi connectivity index (χ0) is 14.6. The number of amides is 2. The molecule has 0 unspecified atom stereocenters. The highest BCUT2D eigenvalue weighted by molar-refractivity contribution is 5.76. The Morgan fingerprint density at radius 2 is 1.75 bits per heavy atom. The van der Waals surface area contributed by atoms with Gasteiger partial charge in [0.1, 0.15) is 0 Å². The first-order valence-electron chi connectivity index (χ1n) is 7.23. The lowest BCUT2D eigenvalue weighted by Crippen LogP contribution is -2.58. The third-order valence-electron chi connectivity index (χ3n) is 4.19. The molecule has 0 bridgehead atoms. The fourth-order valence-corrected chi connectivity index (χ4v) is 3.02. The van der Waals surface area contributed by atoms with Crippen LogP contribution in [0.4, 0.5) is 4.79 Å². The molecule has 1 saturated carbocycles. The summed E-state index contributed by atoms with van der Waals surface area (Å²) in [5.41, 5.74) is 2.26. The first kappa shape index (κ1) is 15.1. The number of carbonyl (C=O) groups is 2. The number of rotatable bonds is 4. The lowest BCUT2D eigenvalue weighted by molar-refractivity contribution is -0.138. The summed E-state index contributed by atoms with van der Waals surface area (Å²) in [5.74, 6) is -0.855. The lowest BCUT2D eigenvalue weighted by Gasteiger charge is -2.34. The van der Waals surface area contributed by atoms with E-state index in [0.29, 0.717) is 0 Å². The zero-order valence-corrected chi connectivity index (χ0v) is 12.0. The van der Waals surface area contributed by atoms with Crippen molar-refractivity contribution in [3.63, 3.8) is 0 Å². The molecule has 0 atom stereocenters. The molecule has 1 aliphatic heterocycles. The van der Waals surface area contributed by atoms with E-state index in [0.717, 1.165) is 51.9 Å². The fraction of sp³-hybridized carbons (Fsp3) is 0.846. The number of hydrazine groups is 1. The highest BCUT2D eigenvalue weighted by Crippen LogP contribution is 2.32. The van der Waals surface area contributed by atoms with Crippen LogP contribution < -0.4 is 10.7 Å². The van der Waals surface area contributed by atoms with Crippen LogP contribution in [0.3, 0.4) is 0 Å². The molecule has 0 aromatic heterocycles. The monoisotopic (exact) mass is 284 g/mol. The van der Waals surface area contributed by atoms with Crippen LogP contribution in [0.5, 0.6) is 0 Å². The second-order valence-corrected chi connectivity index (χ2v) is 5.91. The van der Waals surface area contributed by atoms with Gasteiger partial charge in [0.15, 0.2) is 0 Å². The van der Waals surface area contributed by atoms with Crippen LogP contribution in [0.15, 0.2) is 0 Å². The fourth-order valence-electron chi connectivity index (χ4n) is 3.02. The molecule has 2 amide bonds. The van der Waals surface area contributed by atoms with Gasteiger partial charge >= 0.3 is 12.0 Å². The summed E-state index contributed by atoms with van der Waals surface area (Å²) in [6.07, 6.45) is 3.44. The van der Waals surface area contributed by atoms with Gasteiger partial charge < -0.3 is 15.3 Å². The molecule has 1 aliphatic carbocycles. The van der Waals surface area contributed by atoms with Crippen LogP contribution in [0.1, 0.15) is 32.1 Å². The van der Waals surface area contributed by atoms with Gasteiger partial charge in [-0.15, -0.1) is 0 Å². The first-order chi connectivity index (χ1) is 9.49. The average molecular weight is 284 g/mol. The van der Waals surface area contributed by atoms with Crippen LogP contribution >= 0.6 is 0 Å². The van der Waals surface area contributed by atoms with Crippen molar-refractivity contribution >= 4 is 12.0 Å². The van der Waals surface area contributed by atoms with Crippen molar-refractivity contribution in [1.29, 1.82) is 0 Å². The Bertz CT molecular complexity index is 361. The van der Waals surface area contributed by atoms with E-state index in [1.807, 2.05) is 5.01 Å². The molecule has 0 aromatic carbocycles. The Kier molecular flexibility index (Phi) is 4.82. The third-order valence-corrected chi connectivity index (χ3v) is 4.19. The molecule has 1 saturated heterocycles. The summed E-state index contributed by atoms with van der Waals surface area (Å²) in [6.45, 7) is 3.41. The number of carboxylic acid groups (broad SMARTS) is 1. The average Bonchev–Trinajstić information content (AvgIpc) is 2.79. The summed E-state index contributed by atoms with van der Waals surface area (Å²) in [6, 6.07) is -0.280. The van der Waals surface area contributed by atoms with Gasteiger partial charge in [0.25, 0.3) is 0 Å². The largest absolute Gasteiger partial charge is 0.481 e. The van der Waals surface area contributed by atoms with E-state index in [-0.39, 0.29) is 12.5 Å². The van der Waals surface area contributed by atoms with E-state index in [1.54, 1.807) is 0 Å². The number of piperazine rings is 1. The molecule has 0 spiro atoms. The van der Waals surface area contributed by atoms with Crippen molar-refractivity contribution in [2.75, 3.05) is 33.2 Å². The highest BCUT2D eigenvalue weighted by Gasteiger charge is 2.37. The molecule has 3 N–H and O–H groups in total. The van der Waals surface area contributed by atoms with Gasteiger partial charge in [0.2, 0.25) is 0 Å². The molecular weight excluding hydrogens is 260 g/mol. The number of nitrogens with zero attached hydrogens (tertiary/aromatic N) is 2.